The van der Waals surface area contributed by atoms with Crippen LogP contribution in [0.1, 0.15) is 31.8 Å². The summed E-state index contributed by atoms with van der Waals surface area (Å²) in [5, 5.41) is 9.10. The molecule has 0 unspecified atom stereocenters. The van der Waals surface area contributed by atoms with Gasteiger partial charge in [-0.25, -0.2) is 0 Å². The van der Waals surface area contributed by atoms with Gasteiger partial charge in [0.1, 0.15) is 5.75 Å². The fourth-order valence-electron chi connectivity index (χ4n) is 3.57. The molecule has 5 aromatic carbocycles. The second-order valence-corrected chi connectivity index (χ2v) is 7.88. The summed E-state index contributed by atoms with van der Waals surface area (Å²) in [4.78, 5) is 24.2. The van der Waals surface area contributed by atoms with Crippen LogP contribution in [0.15, 0.2) is 140 Å². The summed E-state index contributed by atoms with van der Waals surface area (Å²) in [6.45, 7) is 0. The standard InChI is InChI=1S/C19H14O.C13H10O2/c20-19(17-9-5-2-6-10-17)18-13-11-16(12-14-18)15-7-3-1-4-8-15;14-12-8-6-11(7-9-12)13(15)10-4-2-1-3-5-10/h1-14H;1-9,14H. The molecule has 3 heteroatoms. The van der Waals surface area contributed by atoms with Crippen molar-refractivity contribution in [3.8, 4) is 16.9 Å². The third kappa shape index (κ3) is 6.18. The summed E-state index contributed by atoms with van der Waals surface area (Å²) in [7, 11) is 0. The Kier molecular flexibility index (Phi) is 7.62. The van der Waals surface area contributed by atoms with Crippen molar-refractivity contribution in [1.29, 1.82) is 0 Å². The monoisotopic (exact) mass is 456 g/mol. The Morgan fingerprint density at radius 3 is 1.11 bits per heavy atom. The van der Waals surface area contributed by atoms with Gasteiger partial charge in [0.05, 0.1) is 0 Å². The number of carbonyl (C=O) groups is 2. The molecule has 0 spiro atoms. The van der Waals surface area contributed by atoms with Gasteiger partial charge in [-0.3, -0.25) is 9.59 Å². The molecule has 0 fully saturated rings. The van der Waals surface area contributed by atoms with Crippen molar-refractivity contribution in [2.24, 2.45) is 0 Å². The minimum Gasteiger partial charge on any atom is -0.508 e. The van der Waals surface area contributed by atoms with Crippen LogP contribution in [0.4, 0.5) is 0 Å². The smallest absolute Gasteiger partial charge is 0.193 e. The molecular weight excluding hydrogens is 432 g/mol. The lowest BCUT2D eigenvalue weighted by Crippen LogP contribution is -2.00. The quantitative estimate of drug-likeness (QED) is 0.284. The second-order valence-electron chi connectivity index (χ2n) is 7.88. The van der Waals surface area contributed by atoms with Crippen LogP contribution in [0, 0.1) is 0 Å². The number of phenols is 1. The number of hydrogen-bond donors (Lipinski definition) is 1. The number of carbonyl (C=O) groups excluding carboxylic acids is 2. The maximum atomic E-state index is 12.3. The van der Waals surface area contributed by atoms with E-state index in [0.717, 1.165) is 22.3 Å². The number of hydrogen-bond acceptors (Lipinski definition) is 3. The number of phenolic OH excluding ortho intramolecular Hbond substituents is 1. The van der Waals surface area contributed by atoms with Crippen molar-refractivity contribution in [2.75, 3.05) is 0 Å². The van der Waals surface area contributed by atoms with E-state index >= 15 is 0 Å². The molecule has 0 heterocycles. The third-order valence-corrected chi connectivity index (χ3v) is 5.46. The summed E-state index contributed by atoms with van der Waals surface area (Å²) in [6, 6.07) is 42.6. The van der Waals surface area contributed by atoms with Crippen molar-refractivity contribution in [3.63, 3.8) is 0 Å². The van der Waals surface area contributed by atoms with Gasteiger partial charge in [0, 0.05) is 22.3 Å². The van der Waals surface area contributed by atoms with Crippen LogP contribution in [-0.4, -0.2) is 16.7 Å². The molecule has 0 amide bonds. The molecule has 0 saturated carbocycles. The van der Waals surface area contributed by atoms with E-state index in [4.69, 9.17) is 5.11 Å². The maximum Gasteiger partial charge on any atom is 0.193 e. The van der Waals surface area contributed by atoms with Gasteiger partial charge in [-0.15, -0.1) is 0 Å². The van der Waals surface area contributed by atoms with Crippen LogP contribution in [0.2, 0.25) is 0 Å². The zero-order valence-corrected chi connectivity index (χ0v) is 19.0. The molecule has 5 aromatic rings. The fourth-order valence-corrected chi connectivity index (χ4v) is 3.57. The summed E-state index contributed by atoms with van der Waals surface area (Å²) in [5.41, 5.74) is 4.96. The van der Waals surface area contributed by atoms with Gasteiger partial charge in [-0.05, 0) is 35.4 Å². The van der Waals surface area contributed by atoms with Crippen molar-refractivity contribution in [3.05, 3.63) is 162 Å². The van der Waals surface area contributed by atoms with Crippen LogP contribution in [0.5, 0.6) is 5.75 Å². The minimum absolute atomic E-state index is 0.0319. The number of rotatable bonds is 5. The van der Waals surface area contributed by atoms with Gasteiger partial charge in [0.25, 0.3) is 0 Å². The van der Waals surface area contributed by atoms with Gasteiger partial charge >= 0.3 is 0 Å². The number of ketones is 2. The first kappa shape index (κ1) is 23.4. The Bertz CT molecular complexity index is 1370. The Morgan fingerprint density at radius 2 is 0.686 bits per heavy atom. The van der Waals surface area contributed by atoms with Crippen LogP contribution >= 0.6 is 0 Å². The fraction of sp³-hybridized carbons (Fsp3) is 0. The second kappa shape index (κ2) is 11.4. The van der Waals surface area contributed by atoms with Gasteiger partial charge < -0.3 is 5.11 Å². The molecule has 0 atom stereocenters. The molecule has 1 N–H and O–H groups in total. The SMILES string of the molecule is O=C(c1ccccc1)c1ccc(-c2ccccc2)cc1.O=C(c1ccccc1)c1ccc(O)cc1. The van der Waals surface area contributed by atoms with E-state index in [0.29, 0.717) is 11.1 Å². The highest BCUT2D eigenvalue weighted by Gasteiger charge is 2.09. The maximum absolute atomic E-state index is 12.3. The average molecular weight is 457 g/mol. The molecule has 0 saturated heterocycles. The lowest BCUT2D eigenvalue weighted by atomic mass is 9.99. The molecule has 0 bridgehead atoms. The van der Waals surface area contributed by atoms with Crippen molar-refractivity contribution >= 4 is 11.6 Å². The zero-order chi connectivity index (χ0) is 24.5. The van der Waals surface area contributed by atoms with E-state index in [1.807, 2.05) is 91.0 Å². The molecule has 0 aromatic heterocycles. The summed E-state index contributed by atoms with van der Waals surface area (Å²) < 4.78 is 0. The summed E-state index contributed by atoms with van der Waals surface area (Å²) in [5.74, 6) is 0.195. The molecule has 0 aliphatic rings. The Morgan fingerprint density at radius 1 is 0.371 bits per heavy atom. The first-order chi connectivity index (χ1) is 17.1. The highest BCUT2D eigenvalue weighted by atomic mass is 16.3. The third-order valence-electron chi connectivity index (χ3n) is 5.46. The van der Waals surface area contributed by atoms with Gasteiger partial charge in [0.15, 0.2) is 11.6 Å². The van der Waals surface area contributed by atoms with E-state index in [2.05, 4.69) is 12.1 Å². The highest BCUT2D eigenvalue weighted by Crippen LogP contribution is 2.20. The Hall–Kier alpha value is -4.76. The van der Waals surface area contributed by atoms with Crippen LogP contribution in [0.25, 0.3) is 11.1 Å². The molecule has 0 aliphatic heterocycles. The van der Waals surface area contributed by atoms with Gasteiger partial charge in [-0.1, -0.05) is 115 Å². The van der Waals surface area contributed by atoms with E-state index in [-0.39, 0.29) is 17.3 Å². The Balaban J connectivity index is 0.000000172. The van der Waals surface area contributed by atoms with Crippen LogP contribution < -0.4 is 0 Å². The molecular formula is C32H24O3. The molecule has 5 rings (SSSR count). The van der Waals surface area contributed by atoms with Gasteiger partial charge in [-0.2, -0.15) is 0 Å². The molecule has 35 heavy (non-hydrogen) atoms. The zero-order valence-electron chi connectivity index (χ0n) is 19.0. The summed E-state index contributed by atoms with van der Waals surface area (Å²) in [6.07, 6.45) is 0. The van der Waals surface area contributed by atoms with Crippen molar-refractivity contribution in [1.82, 2.24) is 0 Å². The molecule has 0 aliphatic carbocycles. The van der Waals surface area contributed by atoms with Crippen molar-refractivity contribution in [2.45, 2.75) is 0 Å². The first-order valence-corrected chi connectivity index (χ1v) is 11.3. The first-order valence-electron chi connectivity index (χ1n) is 11.3. The van der Waals surface area contributed by atoms with E-state index in [9.17, 15) is 9.59 Å². The molecule has 170 valence electrons. The van der Waals surface area contributed by atoms with Crippen molar-refractivity contribution < 1.29 is 14.7 Å². The largest absolute Gasteiger partial charge is 0.508 e. The van der Waals surface area contributed by atoms with E-state index in [1.54, 1.807) is 24.3 Å². The lowest BCUT2D eigenvalue weighted by molar-refractivity contribution is 0.103. The topological polar surface area (TPSA) is 54.4 Å². The van der Waals surface area contributed by atoms with Crippen LogP contribution in [-0.2, 0) is 0 Å². The minimum atomic E-state index is -0.0319. The average Bonchev–Trinajstić information content (AvgIpc) is 2.94. The normalized spacial score (nSPS) is 10.1. The van der Waals surface area contributed by atoms with Crippen LogP contribution in [0.3, 0.4) is 0 Å². The van der Waals surface area contributed by atoms with Gasteiger partial charge in [0.2, 0.25) is 0 Å². The number of aromatic hydroxyl groups is 1. The van der Waals surface area contributed by atoms with E-state index in [1.165, 1.54) is 12.1 Å². The highest BCUT2D eigenvalue weighted by molar-refractivity contribution is 6.09. The Labute approximate surface area is 205 Å². The predicted molar refractivity (Wildman–Crippen MR) is 140 cm³/mol. The predicted octanol–water partition coefficient (Wildman–Crippen LogP) is 7.21. The lowest BCUT2D eigenvalue weighted by Gasteiger charge is -2.04. The van der Waals surface area contributed by atoms with E-state index < -0.39 is 0 Å². The molecule has 0 radical (unpaired) electrons. The summed E-state index contributed by atoms with van der Waals surface area (Å²) >= 11 is 0. The molecule has 3 nitrogen and oxygen atoms in total. The number of benzene rings is 5.